The lowest BCUT2D eigenvalue weighted by molar-refractivity contribution is -0.132. The SMILES string of the molecule is CCCCCC(=O)N1CCc2cc(OCC)c(OCC)cc2C1. The molecule has 0 saturated heterocycles. The maximum Gasteiger partial charge on any atom is 0.222 e. The lowest BCUT2D eigenvalue weighted by atomic mass is 9.98. The first-order valence-corrected chi connectivity index (χ1v) is 8.88. The molecule has 0 spiro atoms. The number of ether oxygens (including phenoxy) is 2. The number of hydrogen-bond donors (Lipinski definition) is 0. The largest absolute Gasteiger partial charge is 0.490 e. The zero-order valence-corrected chi connectivity index (χ0v) is 14.7. The fraction of sp³-hybridized carbons (Fsp3) is 0.632. The Morgan fingerprint density at radius 3 is 2.30 bits per heavy atom. The van der Waals surface area contributed by atoms with E-state index in [0.29, 0.717) is 26.2 Å². The van der Waals surface area contributed by atoms with Gasteiger partial charge in [0, 0.05) is 19.5 Å². The summed E-state index contributed by atoms with van der Waals surface area (Å²) in [5.74, 6) is 1.88. The summed E-state index contributed by atoms with van der Waals surface area (Å²) in [5.41, 5.74) is 2.46. The van der Waals surface area contributed by atoms with Gasteiger partial charge in [0.05, 0.1) is 13.2 Å². The molecule has 0 bridgehead atoms. The number of unbranched alkanes of at least 4 members (excludes halogenated alkanes) is 2. The third kappa shape index (κ3) is 4.63. The minimum Gasteiger partial charge on any atom is -0.490 e. The number of amides is 1. The van der Waals surface area contributed by atoms with Crippen molar-refractivity contribution in [2.75, 3.05) is 19.8 Å². The van der Waals surface area contributed by atoms with Crippen LogP contribution in [0, 0.1) is 0 Å². The second-order valence-corrected chi connectivity index (χ2v) is 5.96. The summed E-state index contributed by atoms with van der Waals surface area (Å²) in [6, 6.07) is 4.14. The summed E-state index contributed by atoms with van der Waals surface area (Å²) in [7, 11) is 0. The summed E-state index contributed by atoms with van der Waals surface area (Å²) < 4.78 is 11.4. The zero-order chi connectivity index (χ0) is 16.7. The van der Waals surface area contributed by atoms with Gasteiger partial charge < -0.3 is 14.4 Å². The second kappa shape index (κ2) is 8.80. The molecule has 1 aliphatic heterocycles. The summed E-state index contributed by atoms with van der Waals surface area (Å²) >= 11 is 0. The predicted molar refractivity (Wildman–Crippen MR) is 92.0 cm³/mol. The van der Waals surface area contributed by atoms with E-state index in [1.54, 1.807) is 0 Å². The highest BCUT2D eigenvalue weighted by atomic mass is 16.5. The quantitative estimate of drug-likeness (QED) is 0.681. The van der Waals surface area contributed by atoms with Crippen LogP contribution in [-0.2, 0) is 17.8 Å². The molecule has 0 radical (unpaired) electrons. The molecule has 128 valence electrons. The third-order valence-electron chi connectivity index (χ3n) is 4.22. The normalized spacial score (nSPS) is 13.6. The van der Waals surface area contributed by atoms with Crippen molar-refractivity contribution in [3.05, 3.63) is 23.3 Å². The van der Waals surface area contributed by atoms with Crippen molar-refractivity contribution in [2.45, 2.75) is 59.4 Å². The number of benzene rings is 1. The lowest BCUT2D eigenvalue weighted by Gasteiger charge is -2.30. The van der Waals surface area contributed by atoms with Crippen molar-refractivity contribution >= 4 is 5.91 Å². The van der Waals surface area contributed by atoms with Gasteiger partial charge in [-0.25, -0.2) is 0 Å². The van der Waals surface area contributed by atoms with Gasteiger partial charge >= 0.3 is 0 Å². The van der Waals surface area contributed by atoms with Crippen LogP contribution in [0.4, 0.5) is 0 Å². The van der Waals surface area contributed by atoms with Gasteiger partial charge in [0.15, 0.2) is 11.5 Å². The van der Waals surface area contributed by atoms with E-state index in [0.717, 1.165) is 43.7 Å². The first kappa shape index (κ1) is 17.6. The monoisotopic (exact) mass is 319 g/mol. The van der Waals surface area contributed by atoms with E-state index in [2.05, 4.69) is 19.1 Å². The fourth-order valence-electron chi connectivity index (χ4n) is 3.00. The van der Waals surface area contributed by atoms with E-state index in [1.807, 2.05) is 18.7 Å². The molecule has 1 aliphatic rings. The van der Waals surface area contributed by atoms with Gasteiger partial charge in [-0.3, -0.25) is 4.79 Å². The van der Waals surface area contributed by atoms with E-state index in [1.165, 1.54) is 11.1 Å². The van der Waals surface area contributed by atoms with Crippen molar-refractivity contribution < 1.29 is 14.3 Å². The van der Waals surface area contributed by atoms with Crippen LogP contribution in [0.1, 0.15) is 57.6 Å². The molecule has 1 heterocycles. The van der Waals surface area contributed by atoms with Crippen LogP contribution >= 0.6 is 0 Å². The Morgan fingerprint density at radius 2 is 1.70 bits per heavy atom. The van der Waals surface area contributed by atoms with Crippen LogP contribution in [-0.4, -0.2) is 30.6 Å². The van der Waals surface area contributed by atoms with Crippen molar-refractivity contribution in [1.82, 2.24) is 4.90 Å². The Bertz CT molecular complexity index is 528. The Kier molecular flexibility index (Phi) is 6.75. The predicted octanol–water partition coefficient (Wildman–Crippen LogP) is 3.95. The van der Waals surface area contributed by atoms with Gasteiger partial charge in [-0.2, -0.15) is 0 Å². The molecule has 0 fully saturated rings. The fourth-order valence-corrected chi connectivity index (χ4v) is 3.00. The highest BCUT2D eigenvalue weighted by molar-refractivity contribution is 5.76. The average molecular weight is 319 g/mol. The highest BCUT2D eigenvalue weighted by Crippen LogP contribution is 2.34. The molecule has 4 nitrogen and oxygen atoms in total. The maximum atomic E-state index is 12.3. The summed E-state index contributed by atoms with van der Waals surface area (Å²) in [5, 5.41) is 0. The summed E-state index contributed by atoms with van der Waals surface area (Å²) in [4.78, 5) is 14.3. The van der Waals surface area contributed by atoms with Crippen LogP contribution in [0.5, 0.6) is 11.5 Å². The summed E-state index contributed by atoms with van der Waals surface area (Å²) in [6.45, 7) is 8.83. The van der Waals surface area contributed by atoms with E-state index < -0.39 is 0 Å². The molecular formula is C19H29NO3. The molecule has 23 heavy (non-hydrogen) atoms. The standard InChI is InChI=1S/C19H29NO3/c1-4-7-8-9-19(21)20-11-10-15-12-17(22-5-2)18(23-6-3)13-16(15)14-20/h12-13H,4-11,14H2,1-3H3. The van der Waals surface area contributed by atoms with Crippen LogP contribution in [0.3, 0.4) is 0 Å². The molecule has 0 saturated carbocycles. The van der Waals surface area contributed by atoms with Crippen molar-refractivity contribution in [3.63, 3.8) is 0 Å². The number of hydrogen-bond acceptors (Lipinski definition) is 3. The van der Waals surface area contributed by atoms with Gasteiger partial charge in [-0.15, -0.1) is 0 Å². The molecular weight excluding hydrogens is 290 g/mol. The number of fused-ring (bicyclic) bond motifs is 1. The van der Waals surface area contributed by atoms with E-state index in [-0.39, 0.29) is 5.91 Å². The third-order valence-corrected chi connectivity index (χ3v) is 4.22. The van der Waals surface area contributed by atoms with Crippen LogP contribution in [0.25, 0.3) is 0 Å². The van der Waals surface area contributed by atoms with E-state index in [9.17, 15) is 4.79 Å². The smallest absolute Gasteiger partial charge is 0.222 e. The van der Waals surface area contributed by atoms with Gasteiger partial charge in [0.1, 0.15) is 0 Å². The number of carbonyl (C=O) groups is 1. The van der Waals surface area contributed by atoms with Crippen LogP contribution < -0.4 is 9.47 Å². The Labute approximate surface area is 139 Å². The molecule has 1 amide bonds. The number of rotatable bonds is 8. The topological polar surface area (TPSA) is 38.8 Å². The second-order valence-electron chi connectivity index (χ2n) is 5.96. The molecule has 1 aromatic rings. The van der Waals surface area contributed by atoms with Gasteiger partial charge in [-0.05, 0) is 49.9 Å². The van der Waals surface area contributed by atoms with Crippen molar-refractivity contribution in [3.8, 4) is 11.5 Å². The molecule has 0 unspecified atom stereocenters. The number of carbonyl (C=O) groups excluding carboxylic acids is 1. The van der Waals surface area contributed by atoms with Crippen LogP contribution in [0.2, 0.25) is 0 Å². The molecule has 0 atom stereocenters. The number of nitrogens with zero attached hydrogens (tertiary/aromatic N) is 1. The van der Waals surface area contributed by atoms with Gasteiger partial charge in [0.25, 0.3) is 0 Å². The Morgan fingerprint density at radius 1 is 1.04 bits per heavy atom. The first-order valence-electron chi connectivity index (χ1n) is 8.88. The molecule has 1 aromatic carbocycles. The van der Waals surface area contributed by atoms with E-state index in [4.69, 9.17) is 9.47 Å². The van der Waals surface area contributed by atoms with Gasteiger partial charge in [-0.1, -0.05) is 19.8 Å². The highest BCUT2D eigenvalue weighted by Gasteiger charge is 2.22. The zero-order valence-electron chi connectivity index (χ0n) is 14.7. The average Bonchev–Trinajstić information content (AvgIpc) is 2.55. The minimum atomic E-state index is 0.274. The molecule has 0 aromatic heterocycles. The molecule has 0 aliphatic carbocycles. The van der Waals surface area contributed by atoms with Crippen molar-refractivity contribution in [2.24, 2.45) is 0 Å². The Balaban J connectivity index is 2.10. The Hall–Kier alpha value is -1.71. The summed E-state index contributed by atoms with van der Waals surface area (Å²) in [6.07, 6.45) is 4.82. The maximum absolute atomic E-state index is 12.3. The first-order chi connectivity index (χ1) is 11.2. The molecule has 4 heteroatoms. The van der Waals surface area contributed by atoms with Crippen LogP contribution in [0.15, 0.2) is 12.1 Å². The van der Waals surface area contributed by atoms with Gasteiger partial charge in [0.2, 0.25) is 5.91 Å². The molecule has 2 rings (SSSR count). The molecule has 0 N–H and O–H groups in total. The van der Waals surface area contributed by atoms with Crippen molar-refractivity contribution in [1.29, 1.82) is 0 Å². The lowest BCUT2D eigenvalue weighted by Crippen LogP contribution is -2.35. The van der Waals surface area contributed by atoms with E-state index >= 15 is 0 Å². The minimum absolute atomic E-state index is 0.274.